The van der Waals surface area contributed by atoms with E-state index in [-0.39, 0.29) is 5.69 Å². The Balaban J connectivity index is 1.79. The molecule has 0 bridgehead atoms. The molecule has 0 saturated carbocycles. The van der Waals surface area contributed by atoms with Crippen LogP contribution >= 0.6 is 0 Å². The van der Waals surface area contributed by atoms with Gasteiger partial charge in [0.15, 0.2) is 11.5 Å². The number of benzene rings is 2. The lowest BCUT2D eigenvalue weighted by molar-refractivity contribution is 0.102. The topological polar surface area (TPSA) is 109 Å². The normalized spacial score (nSPS) is 9.89. The first-order chi connectivity index (χ1) is 13.6. The average molecular weight is 375 g/mol. The fourth-order valence-electron chi connectivity index (χ4n) is 2.49. The minimum atomic E-state index is -0.444. The summed E-state index contributed by atoms with van der Waals surface area (Å²) in [6.45, 7) is 0. The Kier molecular flexibility index (Phi) is 5.67. The van der Waals surface area contributed by atoms with Crippen LogP contribution in [-0.4, -0.2) is 30.1 Å². The van der Waals surface area contributed by atoms with Crippen LogP contribution < -0.4 is 20.1 Å². The first-order valence-electron chi connectivity index (χ1n) is 8.26. The lowest BCUT2D eigenvalue weighted by atomic mass is 10.2. The quantitative estimate of drug-likeness (QED) is 0.680. The van der Waals surface area contributed by atoms with E-state index in [9.17, 15) is 4.79 Å². The van der Waals surface area contributed by atoms with Gasteiger partial charge in [0.2, 0.25) is 0 Å². The molecule has 3 rings (SSSR count). The van der Waals surface area contributed by atoms with E-state index in [1.54, 1.807) is 56.7 Å². The highest BCUT2D eigenvalue weighted by Gasteiger charge is 2.12. The summed E-state index contributed by atoms with van der Waals surface area (Å²) < 4.78 is 10.5. The van der Waals surface area contributed by atoms with E-state index in [0.717, 1.165) is 0 Å². The van der Waals surface area contributed by atoms with Crippen LogP contribution in [0.4, 0.5) is 17.2 Å². The third-order valence-corrected chi connectivity index (χ3v) is 3.85. The summed E-state index contributed by atoms with van der Waals surface area (Å²) in [5.41, 5.74) is 1.65. The van der Waals surface area contributed by atoms with E-state index in [0.29, 0.717) is 34.3 Å². The molecule has 2 N–H and O–H groups in total. The second-order valence-electron chi connectivity index (χ2n) is 5.59. The summed E-state index contributed by atoms with van der Waals surface area (Å²) in [5.74, 6) is 1.15. The lowest BCUT2D eigenvalue weighted by Crippen LogP contribution is -2.15. The van der Waals surface area contributed by atoms with Crippen molar-refractivity contribution in [1.82, 2.24) is 9.97 Å². The summed E-state index contributed by atoms with van der Waals surface area (Å²) in [6.07, 6.45) is 1.29. The van der Waals surface area contributed by atoms with Gasteiger partial charge in [-0.25, -0.2) is 9.97 Å². The maximum atomic E-state index is 12.5. The molecule has 0 aliphatic heterocycles. The number of nitrogens with zero attached hydrogens (tertiary/aromatic N) is 3. The van der Waals surface area contributed by atoms with Gasteiger partial charge in [0.1, 0.15) is 23.9 Å². The van der Waals surface area contributed by atoms with Gasteiger partial charge >= 0.3 is 0 Å². The highest BCUT2D eigenvalue weighted by molar-refractivity contribution is 6.03. The number of para-hydroxylation sites is 1. The van der Waals surface area contributed by atoms with Gasteiger partial charge in [-0.15, -0.1) is 0 Å². The molecule has 3 aromatic rings. The van der Waals surface area contributed by atoms with Crippen molar-refractivity contribution in [1.29, 1.82) is 5.26 Å². The molecule has 140 valence electrons. The molecule has 0 fully saturated rings. The van der Waals surface area contributed by atoms with Crippen LogP contribution in [0.2, 0.25) is 0 Å². The molecule has 8 heteroatoms. The van der Waals surface area contributed by atoms with Gasteiger partial charge in [-0.05, 0) is 24.3 Å². The summed E-state index contributed by atoms with van der Waals surface area (Å²) in [7, 11) is 3.11. The molecule has 0 radical (unpaired) electrons. The Morgan fingerprint density at radius 1 is 1.04 bits per heavy atom. The molecule has 8 nitrogen and oxygen atoms in total. The predicted octanol–water partition coefficient (Wildman–Crippen LogP) is 3.36. The number of carbonyl (C=O) groups excluding carboxylic acids is 1. The van der Waals surface area contributed by atoms with E-state index in [1.807, 2.05) is 6.07 Å². The van der Waals surface area contributed by atoms with Gasteiger partial charge in [-0.3, -0.25) is 4.79 Å². The summed E-state index contributed by atoms with van der Waals surface area (Å²) >= 11 is 0. The second-order valence-corrected chi connectivity index (χ2v) is 5.59. The smallest absolute Gasteiger partial charge is 0.274 e. The molecule has 28 heavy (non-hydrogen) atoms. The third kappa shape index (κ3) is 4.16. The van der Waals surface area contributed by atoms with E-state index >= 15 is 0 Å². The van der Waals surface area contributed by atoms with Gasteiger partial charge in [-0.2, -0.15) is 5.26 Å². The zero-order valence-corrected chi connectivity index (χ0v) is 15.3. The van der Waals surface area contributed by atoms with E-state index in [1.165, 1.54) is 12.4 Å². The monoisotopic (exact) mass is 375 g/mol. The molecular weight excluding hydrogens is 358 g/mol. The number of methoxy groups -OCH3 is 2. The number of hydrogen-bond acceptors (Lipinski definition) is 7. The molecule has 0 atom stereocenters. The molecule has 2 aromatic carbocycles. The lowest BCUT2D eigenvalue weighted by Gasteiger charge is -2.11. The Labute approximate surface area is 161 Å². The van der Waals surface area contributed by atoms with Crippen molar-refractivity contribution >= 4 is 23.1 Å². The minimum Gasteiger partial charge on any atom is -0.493 e. The van der Waals surface area contributed by atoms with Crippen LogP contribution in [0.5, 0.6) is 11.5 Å². The maximum Gasteiger partial charge on any atom is 0.274 e. The molecule has 0 aliphatic rings. The molecule has 0 unspecified atom stereocenters. The molecule has 1 amide bonds. The van der Waals surface area contributed by atoms with Crippen molar-refractivity contribution < 1.29 is 14.3 Å². The first-order valence-corrected chi connectivity index (χ1v) is 8.26. The van der Waals surface area contributed by atoms with Crippen molar-refractivity contribution in [3.8, 4) is 17.6 Å². The van der Waals surface area contributed by atoms with Crippen LogP contribution in [0.3, 0.4) is 0 Å². The van der Waals surface area contributed by atoms with Gasteiger partial charge in [0, 0.05) is 17.8 Å². The number of nitriles is 1. The van der Waals surface area contributed by atoms with Crippen molar-refractivity contribution in [2.24, 2.45) is 0 Å². The van der Waals surface area contributed by atoms with Crippen molar-refractivity contribution in [2.45, 2.75) is 0 Å². The fraction of sp³-hybridized carbons (Fsp3) is 0.100. The molecule has 0 aliphatic carbocycles. The third-order valence-electron chi connectivity index (χ3n) is 3.85. The van der Waals surface area contributed by atoms with Gasteiger partial charge in [0.05, 0.1) is 25.5 Å². The second kappa shape index (κ2) is 8.51. The molecule has 1 heterocycles. The highest BCUT2D eigenvalue weighted by Crippen LogP contribution is 2.30. The van der Waals surface area contributed by atoms with Crippen molar-refractivity contribution in [3.63, 3.8) is 0 Å². The maximum absolute atomic E-state index is 12.5. The van der Waals surface area contributed by atoms with E-state index < -0.39 is 5.91 Å². The number of aromatic nitrogens is 2. The Bertz CT molecular complexity index is 1050. The first kappa shape index (κ1) is 18.7. The van der Waals surface area contributed by atoms with E-state index in [4.69, 9.17) is 14.7 Å². The van der Waals surface area contributed by atoms with Gasteiger partial charge in [0.25, 0.3) is 5.91 Å². The Hall–Kier alpha value is -4.12. The van der Waals surface area contributed by atoms with Crippen LogP contribution in [0, 0.1) is 11.3 Å². The average Bonchev–Trinajstić information content (AvgIpc) is 2.74. The molecule has 0 spiro atoms. The minimum absolute atomic E-state index is 0.158. The standard InChI is InChI=1S/C20H17N5O3/c1-27-17-8-7-14(9-18(17)28-2)24-19-10-16(22-12-23-19)20(26)25-15-6-4-3-5-13(15)11-21/h3-10,12H,1-2H3,(H,25,26)(H,22,23,24). The predicted molar refractivity (Wildman–Crippen MR) is 104 cm³/mol. The highest BCUT2D eigenvalue weighted by atomic mass is 16.5. The van der Waals surface area contributed by atoms with Gasteiger partial charge in [-0.1, -0.05) is 12.1 Å². The fourth-order valence-corrected chi connectivity index (χ4v) is 2.49. The van der Waals surface area contributed by atoms with Crippen LogP contribution in [0.25, 0.3) is 0 Å². The molecule has 1 aromatic heterocycles. The summed E-state index contributed by atoms with van der Waals surface area (Å²) in [6, 6.07) is 15.6. The van der Waals surface area contributed by atoms with Crippen molar-refractivity contribution in [2.75, 3.05) is 24.9 Å². The number of nitrogens with one attached hydrogen (secondary N) is 2. The Morgan fingerprint density at radius 2 is 1.82 bits per heavy atom. The Morgan fingerprint density at radius 3 is 2.57 bits per heavy atom. The zero-order chi connectivity index (χ0) is 19.9. The molecule has 0 saturated heterocycles. The number of hydrogen-bond donors (Lipinski definition) is 2. The number of rotatable bonds is 6. The van der Waals surface area contributed by atoms with Crippen LogP contribution in [0.15, 0.2) is 54.9 Å². The number of amides is 1. The number of anilines is 3. The number of ether oxygens (including phenoxy) is 2. The van der Waals surface area contributed by atoms with Gasteiger partial charge < -0.3 is 20.1 Å². The largest absolute Gasteiger partial charge is 0.493 e. The van der Waals surface area contributed by atoms with Crippen molar-refractivity contribution in [3.05, 3.63) is 66.1 Å². The SMILES string of the molecule is COc1ccc(Nc2cc(C(=O)Nc3ccccc3C#N)ncn2)cc1OC. The summed E-state index contributed by atoms with van der Waals surface area (Å²) in [4.78, 5) is 20.6. The van der Waals surface area contributed by atoms with Crippen LogP contribution in [0.1, 0.15) is 16.1 Å². The molecular formula is C20H17N5O3. The van der Waals surface area contributed by atoms with Crippen LogP contribution in [-0.2, 0) is 0 Å². The number of carbonyl (C=O) groups is 1. The zero-order valence-electron chi connectivity index (χ0n) is 15.3. The van der Waals surface area contributed by atoms with E-state index in [2.05, 4.69) is 20.6 Å². The summed E-state index contributed by atoms with van der Waals surface area (Å²) in [5, 5.41) is 14.9.